The third kappa shape index (κ3) is 2.82. The molecule has 1 unspecified atom stereocenters. The summed E-state index contributed by atoms with van der Waals surface area (Å²) in [7, 11) is 0. The molecule has 1 atom stereocenters. The number of rotatable bonds is 5. The van der Waals surface area contributed by atoms with Gasteiger partial charge < -0.3 is 14.8 Å². The molecule has 0 aliphatic heterocycles. The molecule has 4 nitrogen and oxygen atoms in total. The van der Waals surface area contributed by atoms with Crippen molar-refractivity contribution in [3.63, 3.8) is 0 Å². The van der Waals surface area contributed by atoms with Gasteiger partial charge in [-0.1, -0.05) is 19.1 Å². The van der Waals surface area contributed by atoms with Crippen LogP contribution in [0.2, 0.25) is 0 Å². The predicted octanol–water partition coefficient (Wildman–Crippen LogP) is 2.63. The van der Waals surface area contributed by atoms with Crippen molar-refractivity contribution in [2.75, 3.05) is 13.2 Å². The molecule has 20 heavy (non-hydrogen) atoms. The fourth-order valence-corrected chi connectivity index (χ4v) is 2.10. The van der Waals surface area contributed by atoms with E-state index in [9.17, 15) is 9.18 Å². The molecule has 0 radical (unpaired) electrons. The molecule has 0 saturated carbocycles. The summed E-state index contributed by atoms with van der Waals surface area (Å²) in [4.78, 5) is 12.1. The van der Waals surface area contributed by atoms with E-state index >= 15 is 0 Å². The Kier molecular flexibility index (Phi) is 4.39. The van der Waals surface area contributed by atoms with Crippen LogP contribution in [0, 0.1) is 18.7 Å². The lowest BCUT2D eigenvalue weighted by atomic mass is 10.1. The molecule has 1 heterocycles. The first kappa shape index (κ1) is 14.5. The molecule has 5 heteroatoms. The SMILES string of the molecule is Cc1c(C(=O)NCC(C)CCO)oc2c(F)cccc12. The first-order chi connectivity index (χ1) is 9.54. The fourth-order valence-electron chi connectivity index (χ4n) is 2.10. The van der Waals surface area contributed by atoms with E-state index in [4.69, 9.17) is 9.52 Å². The lowest BCUT2D eigenvalue weighted by molar-refractivity contribution is 0.0919. The van der Waals surface area contributed by atoms with E-state index in [-0.39, 0.29) is 29.8 Å². The summed E-state index contributed by atoms with van der Waals surface area (Å²) in [5, 5.41) is 12.2. The Morgan fingerprint density at radius 1 is 1.50 bits per heavy atom. The minimum absolute atomic E-state index is 0.0892. The molecular formula is C15H18FNO3. The van der Waals surface area contributed by atoms with Gasteiger partial charge in [-0.3, -0.25) is 4.79 Å². The van der Waals surface area contributed by atoms with Crippen molar-refractivity contribution in [2.45, 2.75) is 20.3 Å². The number of benzene rings is 1. The average molecular weight is 279 g/mol. The zero-order valence-electron chi connectivity index (χ0n) is 11.6. The zero-order chi connectivity index (χ0) is 14.7. The highest BCUT2D eigenvalue weighted by Gasteiger charge is 2.19. The highest BCUT2D eigenvalue weighted by atomic mass is 19.1. The molecule has 0 aliphatic carbocycles. The first-order valence-electron chi connectivity index (χ1n) is 6.61. The summed E-state index contributed by atoms with van der Waals surface area (Å²) in [6.07, 6.45) is 0.619. The summed E-state index contributed by atoms with van der Waals surface area (Å²) in [5.74, 6) is -0.521. The molecule has 0 bridgehead atoms. The van der Waals surface area contributed by atoms with E-state index in [1.165, 1.54) is 6.07 Å². The molecule has 0 saturated heterocycles. The van der Waals surface area contributed by atoms with Gasteiger partial charge in [0.15, 0.2) is 17.2 Å². The van der Waals surface area contributed by atoms with Gasteiger partial charge in [0.25, 0.3) is 5.91 Å². The number of nitrogens with one attached hydrogen (secondary N) is 1. The first-order valence-corrected chi connectivity index (χ1v) is 6.61. The number of para-hydroxylation sites is 1. The van der Waals surface area contributed by atoms with E-state index in [2.05, 4.69) is 5.32 Å². The molecule has 2 N–H and O–H groups in total. The van der Waals surface area contributed by atoms with Crippen molar-refractivity contribution >= 4 is 16.9 Å². The molecule has 0 fully saturated rings. The molecule has 2 rings (SSSR count). The largest absolute Gasteiger partial charge is 0.448 e. The summed E-state index contributed by atoms with van der Waals surface area (Å²) < 4.78 is 19.0. The number of furan rings is 1. The number of hydrogen-bond acceptors (Lipinski definition) is 3. The summed E-state index contributed by atoms with van der Waals surface area (Å²) in [6, 6.07) is 4.61. The number of halogens is 1. The molecular weight excluding hydrogens is 261 g/mol. The van der Waals surface area contributed by atoms with Gasteiger partial charge in [-0.15, -0.1) is 0 Å². The summed E-state index contributed by atoms with van der Waals surface area (Å²) in [5.41, 5.74) is 0.741. The van der Waals surface area contributed by atoms with Gasteiger partial charge in [-0.2, -0.15) is 0 Å². The van der Waals surface area contributed by atoms with Crippen LogP contribution in [0.15, 0.2) is 22.6 Å². The van der Waals surface area contributed by atoms with E-state index < -0.39 is 5.82 Å². The molecule has 108 valence electrons. The third-order valence-corrected chi connectivity index (χ3v) is 3.35. The Labute approximate surface area is 116 Å². The van der Waals surface area contributed by atoms with Crippen molar-refractivity contribution in [3.8, 4) is 0 Å². The van der Waals surface area contributed by atoms with Crippen molar-refractivity contribution in [2.24, 2.45) is 5.92 Å². The number of carbonyl (C=O) groups excluding carboxylic acids is 1. The number of carbonyl (C=O) groups is 1. The smallest absolute Gasteiger partial charge is 0.287 e. The highest BCUT2D eigenvalue weighted by molar-refractivity contribution is 5.98. The van der Waals surface area contributed by atoms with Crippen LogP contribution in [-0.2, 0) is 0 Å². The van der Waals surface area contributed by atoms with Crippen LogP contribution >= 0.6 is 0 Å². The number of amides is 1. The van der Waals surface area contributed by atoms with Gasteiger partial charge in [0.2, 0.25) is 0 Å². The van der Waals surface area contributed by atoms with Crippen molar-refractivity contribution in [1.29, 1.82) is 0 Å². The number of aliphatic hydroxyl groups is 1. The quantitative estimate of drug-likeness (QED) is 0.884. The monoisotopic (exact) mass is 279 g/mol. The van der Waals surface area contributed by atoms with Crippen LogP contribution in [0.4, 0.5) is 4.39 Å². The minimum atomic E-state index is -0.474. The van der Waals surface area contributed by atoms with Gasteiger partial charge in [0.05, 0.1) is 0 Å². The molecule has 1 aromatic heterocycles. The van der Waals surface area contributed by atoms with E-state index in [0.717, 1.165) is 0 Å². The van der Waals surface area contributed by atoms with E-state index in [1.54, 1.807) is 19.1 Å². The van der Waals surface area contributed by atoms with Crippen LogP contribution in [0.5, 0.6) is 0 Å². The van der Waals surface area contributed by atoms with Crippen molar-refractivity contribution < 1.29 is 18.7 Å². The van der Waals surface area contributed by atoms with Crippen LogP contribution in [-0.4, -0.2) is 24.2 Å². The number of aryl methyl sites for hydroxylation is 1. The second kappa shape index (κ2) is 6.05. The Morgan fingerprint density at radius 3 is 2.90 bits per heavy atom. The van der Waals surface area contributed by atoms with Crippen LogP contribution in [0.1, 0.15) is 29.5 Å². The number of fused-ring (bicyclic) bond motifs is 1. The Morgan fingerprint density at radius 2 is 2.25 bits per heavy atom. The Hall–Kier alpha value is -1.88. The van der Waals surface area contributed by atoms with Gasteiger partial charge in [0, 0.05) is 24.1 Å². The molecule has 1 amide bonds. The van der Waals surface area contributed by atoms with Crippen molar-refractivity contribution in [3.05, 3.63) is 35.3 Å². The maximum Gasteiger partial charge on any atom is 0.287 e. The second-order valence-corrected chi connectivity index (χ2v) is 5.00. The molecule has 2 aromatic rings. The van der Waals surface area contributed by atoms with Gasteiger partial charge >= 0.3 is 0 Å². The average Bonchev–Trinajstić information content (AvgIpc) is 2.76. The highest BCUT2D eigenvalue weighted by Crippen LogP contribution is 2.27. The predicted molar refractivity (Wildman–Crippen MR) is 74.1 cm³/mol. The van der Waals surface area contributed by atoms with Crippen molar-refractivity contribution in [1.82, 2.24) is 5.32 Å². The van der Waals surface area contributed by atoms with E-state index in [1.807, 2.05) is 6.92 Å². The van der Waals surface area contributed by atoms with Gasteiger partial charge in [-0.25, -0.2) is 4.39 Å². The molecule has 1 aromatic carbocycles. The second-order valence-electron chi connectivity index (χ2n) is 5.00. The van der Waals surface area contributed by atoms with E-state index in [0.29, 0.717) is 23.9 Å². The maximum atomic E-state index is 13.6. The van der Waals surface area contributed by atoms with Crippen LogP contribution < -0.4 is 5.32 Å². The van der Waals surface area contributed by atoms with Gasteiger partial charge in [-0.05, 0) is 25.3 Å². The number of aliphatic hydroxyl groups excluding tert-OH is 1. The summed E-state index contributed by atoms with van der Waals surface area (Å²) >= 11 is 0. The normalized spacial score (nSPS) is 12.6. The third-order valence-electron chi connectivity index (χ3n) is 3.35. The van der Waals surface area contributed by atoms with Crippen LogP contribution in [0.3, 0.4) is 0 Å². The minimum Gasteiger partial charge on any atom is -0.448 e. The van der Waals surface area contributed by atoms with Crippen LogP contribution in [0.25, 0.3) is 11.0 Å². The molecule has 0 spiro atoms. The topological polar surface area (TPSA) is 62.5 Å². The maximum absolute atomic E-state index is 13.6. The fraction of sp³-hybridized carbons (Fsp3) is 0.400. The van der Waals surface area contributed by atoms with Gasteiger partial charge in [0.1, 0.15) is 0 Å². The Balaban J connectivity index is 2.18. The lowest BCUT2D eigenvalue weighted by Gasteiger charge is -2.10. The Bertz CT molecular complexity index is 621. The molecule has 0 aliphatic rings. The standard InChI is InChI=1S/C15H18FNO3/c1-9(6-7-18)8-17-15(19)13-10(2)11-4-3-5-12(16)14(11)20-13/h3-5,9,18H,6-8H2,1-2H3,(H,17,19). The summed E-state index contributed by atoms with van der Waals surface area (Å²) in [6.45, 7) is 4.20. The zero-order valence-corrected chi connectivity index (χ0v) is 11.6. The number of hydrogen-bond donors (Lipinski definition) is 2. The lowest BCUT2D eigenvalue weighted by Crippen LogP contribution is -2.28.